The zero-order valence-corrected chi connectivity index (χ0v) is 5.55. The molecule has 8 heavy (non-hydrogen) atoms. The first-order chi connectivity index (χ1) is 3.81. The lowest BCUT2D eigenvalue weighted by Crippen LogP contribution is -1.88. The molecule has 0 aromatic heterocycles. The Kier molecular flexibility index (Phi) is 4.82. The molecule has 2 nitrogen and oxygen atoms in total. The van der Waals surface area contributed by atoms with Crippen LogP contribution in [0, 0.1) is 0 Å². The van der Waals surface area contributed by atoms with Gasteiger partial charge in [-0.25, -0.2) is 0 Å². The smallest absolute Gasteiger partial charge is 0.173 e. The zero-order valence-electron chi connectivity index (χ0n) is 4.55. The van der Waals surface area contributed by atoms with E-state index in [-0.39, 0.29) is 20.7 Å². The Balaban J connectivity index is 3.11. The second-order valence-corrected chi connectivity index (χ2v) is 2.57. The molecule has 46 valence electrons. The van der Waals surface area contributed by atoms with E-state index in [0.29, 0.717) is 6.16 Å². The normalized spacial score (nSPS) is 10.1. The van der Waals surface area contributed by atoms with Crippen molar-refractivity contribution in [2.75, 3.05) is 12.8 Å². The van der Waals surface area contributed by atoms with E-state index in [0.717, 1.165) is 0 Å². The van der Waals surface area contributed by atoms with Gasteiger partial charge >= 0.3 is 0 Å². The van der Waals surface area contributed by atoms with Crippen LogP contribution in [0.1, 0.15) is 0 Å². The van der Waals surface area contributed by atoms with Crippen LogP contribution in [0.5, 0.6) is 0 Å². The van der Waals surface area contributed by atoms with Crippen LogP contribution in [-0.4, -0.2) is 23.4 Å². The first-order valence-corrected chi connectivity index (χ1v) is 3.53. The summed E-state index contributed by atoms with van der Waals surface area (Å²) in [5.74, 6) is 0. The molecule has 0 saturated heterocycles. The van der Waals surface area contributed by atoms with Crippen molar-refractivity contribution >= 4 is 14.1 Å². The molecule has 1 atom stereocenters. The van der Waals surface area contributed by atoms with Crippen LogP contribution in [0.2, 0.25) is 0 Å². The Hall–Kier alpha value is -0.200. The molecule has 0 aromatic carbocycles. The third kappa shape index (κ3) is 3.97. The highest BCUT2D eigenvalue weighted by Crippen LogP contribution is 2.09. The molecule has 0 bridgehead atoms. The second-order valence-electron chi connectivity index (χ2n) is 1.22. The van der Waals surface area contributed by atoms with Crippen molar-refractivity contribution in [3.8, 4) is 0 Å². The standard InChI is InChI=1S/C5H9O2P/c1-2-5(7)8-4-3-6/h2,6,8H,1,3-4H2. The summed E-state index contributed by atoms with van der Waals surface area (Å²) >= 11 is 0. The van der Waals surface area contributed by atoms with E-state index in [9.17, 15) is 4.79 Å². The van der Waals surface area contributed by atoms with Gasteiger partial charge in [0.25, 0.3) is 0 Å². The van der Waals surface area contributed by atoms with Gasteiger partial charge in [-0.2, -0.15) is 0 Å². The Morgan fingerprint density at radius 3 is 2.88 bits per heavy atom. The molecule has 0 radical (unpaired) electrons. The van der Waals surface area contributed by atoms with Crippen molar-refractivity contribution in [2.45, 2.75) is 0 Å². The summed E-state index contributed by atoms with van der Waals surface area (Å²) in [5.41, 5.74) is 0.0269. The van der Waals surface area contributed by atoms with Crippen LogP contribution >= 0.6 is 8.58 Å². The Morgan fingerprint density at radius 1 is 1.88 bits per heavy atom. The number of hydrogen-bond donors (Lipinski definition) is 1. The summed E-state index contributed by atoms with van der Waals surface area (Å²) in [6.07, 6.45) is 1.86. The molecule has 1 unspecified atom stereocenters. The fourth-order valence-corrected chi connectivity index (χ4v) is 0.754. The van der Waals surface area contributed by atoms with Crippen LogP contribution in [0.4, 0.5) is 0 Å². The van der Waals surface area contributed by atoms with Crippen molar-refractivity contribution in [1.82, 2.24) is 0 Å². The molecule has 0 rings (SSSR count). The summed E-state index contributed by atoms with van der Waals surface area (Å²) < 4.78 is 0. The summed E-state index contributed by atoms with van der Waals surface area (Å²) in [4.78, 5) is 10.4. The van der Waals surface area contributed by atoms with Crippen molar-refractivity contribution < 1.29 is 9.90 Å². The Labute approximate surface area is 50.4 Å². The topological polar surface area (TPSA) is 37.3 Å². The third-order valence-corrected chi connectivity index (χ3v) is 1.62. The van der Waals surface area contributed by atoms with Gasteiger partial charge in [-0.15, -0.1) is 0 Å². The van der Waals surface area contributed by atoms with E-state index >= 15 is 0 Å². The minimum absolute atomic E-state index is 0.0269. The molecule has 0 aromatic rings. The Bertz CT molecular complexity index is 90.4. The maximum Gasteiger partial charge on any atom is 0.173 e. The first kappa shape index (κ1) is 7.80. The van der Waals surface area contributed by atoms with Gasteiger partial charge in [-0.1, -0.05) is 6.58 Å². The van der Waals surface area contributed by atoms with Gasteiger partial charge in [0.05, 0.1) is 0 Å². The van der Waals surface area contributed by atoms with Crippen molar-refractivity contribution in [3.05, 3.63) is 12.7 Å². The molecule has 0 fully saturated rings. The van der Waals surface area contributed by atoms with Gasteiger partial charge in [0.15, 0.2) is 5.52 Å². The average Bonchev–Trinajstić information content (AvgIpc) is 1.83. The van der Waals surface area contributed by atoms with Gasteiger partial charge in [0.1, 0.15) is 0 Å². The predicted octanol–water partition coefficient (Wildman–Crippen LogP) is 0.370. The van der Waals surface area contributed by atoms with Crippen LogP contribution in [0.15, 0.2) is 12.7 Å². The average molecular weight is 132 g/mol. The van der Waals surface area contributed by atoms with Gasteiger partial charge in [-0.05, 0) is 20.8 Å². The van der Waals surface area contributed by atoms with Crippen LogP contribution in [0.25, 0.3) is 0 Å². The second kappa shape index (κ2) is 4.95. The fourth-order valence-electron chi connectivity index (χ4n) is 0.251. The van der Waals surface area contributed by atoms with Gasteiger partial charge in [-0.3, -0.25) is 4.79 Å². The number of carbonyl (C=O) groups is 1. The first-order valence-electron chi connectivity index (χ1n) is 2.32. The van der Waals surface area contributed by atoms with E-state index in [2.05, 4.69) is 6.58 Å². The number of allylic oxidation sites excluding steroid dienone is 1. The van der Waals surface area contributed by atoms with Crippen molar-refractivity contribution in [2.24, 2.45) is 0 Å². The van der Waals surface area contributed by atoms with Crippen LogP contribution < -0.4 is 0 Å². The maximum absolute atomic E-state index is 10.4. The molecule has 0 saturated carbocycles. The molecular formula is C5H9O2P. The zero-order chi connectivity index (χ0) is 6.41. The van der Waals surface area contributed by atoms with E-state index in [4.69, 9.17) is 5.11 Å². The molecule has 0 heterocycles. The molecule has 0 aliphatic rings. The Morgan fingerprint density at radius 2 is 2.50 bits per heavy atom. The maximum atomic E-state index is 10.4. The number of carbonyl (C=O) groups excluding carboxylic acids is 1. The summed E-state index contributed by atoms with van der Waals surface area (Å²) in [7, 11) is 0.199. The highest BCUT2D eigenvalue weighted by Gasteiger charge is 1.90. The molecular weight excluding hydrogens is 123 g/mol. The number of aliphatic hydroxyl groups is 1. The highest BCUT2D eigenvalue weighted by atomic mass is 31.1. The van der Waals surface area contributed by atoms with Crippen molar-refractivity contribution in [1.29, 1.82) is 0 Å². The predicted molar refractivity (Wildman–Crippen MR) is 35.5 cm³/mol. The van der Waals surface area contributed by atoms with Gasteiger partial charge in [0.2, 0.25) is 0 Å². The summed E-state index contributed by atoms with van der Waals surface area (Å²) in [6.45, 7) is 3.38. The molecule has 0 aliphatic carbocycles. The lowest BCUT2D eigenvalue weighted by molar-refractivity contribution is -0.107. The monoisotopic (exact) mass is 132 g/mol. The SMILES string of the molecule is C=CC(=O)PCCO. The molecule has 0 aliphatic heterocycles. The largest absolute Gasteiger partial charge is 0.396 e. The van der Waals surface area contributed by atoms with E-state index in [1.807, 2.05) is 0 Å². The molecule has 1 N–H and O–H groups in total. The number of aliphatic hydroxyl groups excluding tert-OH is 1. The fraction of sp³-hybridized carbons (Fsp3) is 0.400. The van der Waals surface area contributed by atoms with E-state index < -0.39 is 0 Å². The minimum atomic E-state index is 0.0269. The third-order valence-electron chi connectivity index (χ3n) is 0.596. The highest BCUT2D eigenvalue weighted by molar-refractivity contribution is 7.58. The lowest BCUT2D eigenvalue weighted by atomic mass is 10.7. The van der Waals surface area contributed by atoms with Gasteiger partial charge in [0, 0.05) is 6.61 Å². The number of rotatable bonds is 4. The minimum Gasteiger partial charge on any atom is -0.396 e. The molecule has 3 heteroatoms. The molecule has 0 amide bonds. The van der Waals surface area contributed by atoms with E-state index in [1.165, 1.54) is 6.08 Å². The summed E-state index contributed by atoms with van der Waals surface area (Å²) in [5, 5.41) is 8.23. The van der Waals surface area contributed by atoms with Crippen LogP contribution in [0.3, 0.4) is 0 Å². The quantitative estimate of drug-likeness (QED) is 0.443. The van der Waals surface area contributed by atoms with E-state index in [1.54, 1.807) is 0 Å². The summed E-state index contributed by atoms with van der Waals surface area (Å²) in [6, 6.07) is 0. The van der Waals surface area contributed by atoms with Crippen LogP contribution in [-0.2, 0) is 4.79 Å². The lowest BCUT2D eigenvalue weighted by Gasteiger charge is -1.88. The van der Waals surface area contributed by atoms with Gasteiger partial charge < -0.3 is 5.11 Å². The molecule has 0 spiro atoms. The number of hydrogen-bond acceptors (Lipinski definition) is 2. The van der Waals surface area contributed by atoms with Crippen molar-refractivity contribution in [3.63, 3.8) is 0 Å².